The Hall–Kier alpha value is -1.38. The molecule has 0 radical (unpaired) electrons. The fourth-order valence-corrected chi connectivity index (χ4v) is 2.98. The Labute approximate surface area is 109 Å². The number of nitriles is 1. The van der Waals surface area contributed by atoms with Gasteiger partial charge in [-0.05, 0) is 31.0 Å². The van der Waals surface area contributed by atoms with Gasteiger partial charge in [-0.25, -0.2) is 13.1 Å². The Morgan fingerprint density at radius 2 is 1.94 bits per heavy atom. The summed E-state index contributed by atoms with van der Waals surface area (Å²) < 4.78 is 26.7. The first-order valence-corrected chi connectivity index (χ1v) is 7.46. The summed E-state index contributed by atoms with van der Waals surface area (Å²) >= 11 is 0. The fraction of sp³-hybridized carbons (Fsp3) is 0.462. The molecule has 0 aliphatic rings. The third kappa shape index (κ3) is 4.13. The fourth-order valence-electron chi connectivity index (χ4n) is 1.70. The van der Waals surface area contributed by atoms with Gasteiger partial charge in [-0.2, -0.15) is 5.26 Å². The zero-order valence-electron chi connectivity index (χ0n) is 10.7. The molecule has 18 heavy (non-hydrogen) atoms. The van der Waals surface area contributed by atoms with Crippen LogP contribution < -0.4 is 4.72 Å². The Morgan fingerprint density at radius 3 is 2.44 bits per heavy atom. The Balaban J connectivity index is 2.82. The highest BCUT2D eigenvalue weighted by atomic mass is 32.2. The van der Waals surface area contributed by atoms with E-state index in [0.29, 0.717) is 6.42 Å². The van der Waals surface area contributed by atoms with Crippen LogP contribution in [0.3, 0.4) is 0 Å². The highest BCUT2D eigenvalue weighted by molar-refractivity contribution is 7.89. The average molecular weight is 266 g/mol. The molecule has 0 aromatic heterocycles. The van der Waals surface area contributed by atoms with Crippen LogP contribution in [-0.4, -0.2) is 14.5 Å². The Bertz CT molecular complexity index is 515. The van der Waals surface area contributed by atoms with Crippen molar-refractivity contribution in [3.8, 4) is 6.07 Å². The molecule has 0 bridgehead atoms. The standard InChI is InChI=1S/C13H18N2O2S/c1-3-4-11(2)15-18(16,17)13-7-5-12(6-8-13)9-10-14/h5-8,11,15H,3-4,9H2,1-2H3. The summed E-state index contributed by atoms with van der Waals surface area (Å²) in [5, 5.41) is 8.55. The van der Waals surface area contributed by atoms with Crippen molar-refractivity contribution < 1.29 is 8.42 Å². The summed E-state index contributed by atoms with van der Waals surface area (Å²) in [6, 6.07) is 8.36. The quantitative estimate of drug-likeness (QED) is 0.858. The van der Waals surface area contributed by atoms with Gasteiger partial charge in [0.15, 0.2) is 0 Å². The van der Waals surface area contributed by atoms with Crippen LogP contribution in [0.25, 0.3) is 0 Å². The normalized spacial score (nSPS) is 12.9. The second-order valence-electron chi connectivity index (χ2n) is 4.29. The highest BCUT2D eigenvalue weighted by Gasteiger charge is 2.16. The van der Waals surface area contributed by atoms with Gasteiger partial charge in [0, 0.05) is 6.04 Å². The lowest BCUT2D eigenvalue weighted by Crippen LogP contribution is -2.32. The first-order chi connectivity index (χ1) is 8.49. The number of hydrogen-bond acceptors (Lipinski definition) is 3. The molecule has 0 saturated carbocycles. The van der Waals surface area contributed by atoms with Gasteiger partial charge >= 0.3 is 0 Å². The molecule has 0 saturated heterocycles. The van der Waals surface area contributed by atoms with E-state index in [4.69, 9.17) is 5.26 Å². The molecule has 1 atom stereocenters. The molecule has 1 unspecified atom stereocenters. The van der Waals surface area contributed by atoms with Crippen molar-refractivity contribution in [3.05, 3.63) is 29.8 Å². The number of nitrogens with one attached hydrogen (secondary N) is 1. The van der Waals surface area contributed by atoms with E-state index in [1.807, 2.05) is 19.9 Å². The van der Waals surface area contributed by atoms with Gasteiger partial charge in [0.2, 0.25) is 10.0 Å². The van der Waals surface area contributed by atoms with Gasteiger partial charge in [0.25, 0.3) is 0 Å². The topological polar surface area (TPSA) is 70.0 Å². The van der Waals surface area contributed by atoms with Gasteiger partial charge in [0.1, 0.15) is 0 Å². The van der Waals surface area contributed by atoms with Crippen LogP contribution in [0.4, 0.5) is 0 Å². The van der Waals surface area contributed by atoms with Crippen molar-refractivity contribution in [1.29, 1.82) is 5.26 Å². The molecular formula is C13H18N2O2S. The second-order valence-corrected chi connectivity index (χ2v) is 6.00. The van der Waals surface area contributed by atoms with Crippen molar-refractivity contribution in [1.82, 2.24) is 4.72 Å². The monoisotopic (exact) mass is 266 g/mol. The molecule has 0 fully saturated rings. The first kappa shape index (κ1) is 14.7. The maximum atomic E-state index is 12.0. The smallest absolute Gasteiger partial charge is 0.208 e. The van der Waals surface area contributed by atoms with E-state index in [-0.39, 0.29) is 10.9 Å². The number of hydrogen-bond donors (Lipinski definition) is 1. The maximum Gasteiger partial charge on any atom is 0.240 e. The summed E-state index contributed by atoms with van der Waals surface area (Å²) in [5.74, 6) is 0. The van der Waals surface area contributed by atoms with Crippen molar-refractivity contribution in [2.75, 3.05) is 0 Å². The Kier molecular flexibility index (Phi) is 5.32. The van der Waals surface area contributed by atoms with Crippen molar-refractivity contribution in [2.24, 2.45) is 0 Å². The second kappa shape index (κ2) is 6.53. The maximum absolute atomic E-state index is 12.0. The van der Waals surface area contributed by atoms with E-state index in [9.17, 15) is 8.42 Å². The molecule has 0 spiro atoms. The van der Waals surface area contributed by atoms with Crippen LogP contribution in [0, 0.1) is 11.3 Å². The van der Waals surface area contributed by atoms with Gasteiger partial charge in [-0.3, -0.25) is 0 Å². The zero-order chi connectivity index (χ0) is 13.6. The van der Waals surface area contributed by atoms with E-state index < -0.39 is 10.0 Å². The number of nitrogens with zero attached hydrogens (tertiary/aromatic N) is 1. The minimum atomic E-state index is -3.45. The van der Waals surface area contributed by atoms with E-state index in [2.05, 4.69) is 4.72 Å². The lowest BCUT2D eigenvalue weighted by Gasteiger charge is -2.13. The molecular weight excluding hydrogens is 248 g/mol. The molecule has 1 N–H and O–H groups in total. The lowest BCUT2D eigenvalue weighted by molar-refractivity contribution is 0.544. The van der Waals surface area contributed by atoms with Crippen molar-refractivity contribution in [2.45, 2.75) is 44.0 Å². The third-order valence-electron chi connectivity index (χ3n) is 2.59. The van der Waals surface area contributed by atoms with E-state index in [0.717, 1.165) is 18.4 Å². The summed E-state index contributed by atoms with van der Waals surface area (Å²) in [6.07, 6.45) is 2.04. The van der Waals surface area contributed by atoms with Gasteiger partial charge in [-0.1, -0.05) is 25.5 Å². The summed E-state index contributed by atoms with van der Waals surface area (Å²) in [6.45, 7) is 3.87. The molecule has 4 nitrogen and oxygen atoms in total. The molecule has 0 heterocycles. The predicted octanol–water partition coefficient (Wildman–Crippen LogP) is 2.22. The van der Waals surface area contributed by atoms with Crippen LogP contribution >= 0.6 is 0 Å². The van der Waals surface area contributed by atoms with Gasteiger partial charge in [0.05, 0.1) is 17.4 Å². The number of sulfonamides is 1. The van der Waals surface area contributed by atoms with Crippen LogP contribution in [0.2, 0.25) is 0 Å². The van der Waals surface area contributed by atoms with Crippen LogP contribution in [0.5, 0.6) is 0 Å². The molecule has 1 aromatic carbocycles. The zero-order valence-corrected chi connectivity index (χ0v) is 11.5. The predicted molar refractivity (Wildman–Crippen MR) is 70.5 cm³/mol. The molecule has 1 aromatic rings. The molecule has 0 aliphatic heterocycles. The van der Waals surface area contributed by atoms with Gasteiger partial charge in [-0.15, -0.1) is 0 Å². The van der Waals surface area contributed by atoms with Crippen molar-refractivity contribution >= 4 is 10.0 Å². The lowest BCUT2D eigenvalue weighted by atomic mass is 10.2. The minimum absolute atomic E-state index is 0.0706. The van der Waals surface area contributed by atoms with Crippen molar-refractivity contribution in [3.63, 3.8) is 0 Å². The molecule has 5 heteroatoms. The van der Waals surface area contributed by atoms with Gasteiger partial charge < -0.3 is 0 Å². The molecule has 98 valence electrons. The summed E-state index contributed by atoms with van der Waals surface area (Å²) in [7, 11) is -3.45. The minimum Gasteiger partial charge on any atom is -0.208 e. The SMILES string of the molecule is CCCC(C)NS(=O)(=O)c1ccc(CC#N)cc1. The van der Waals surface area contributed by atoms with Crippen LogP contribution in [0.1, 0.15) is 32.3 Å². The molecule has 1 rings (SSSR count). The third-order valence-corrected chi connectivity index (χ3v) is 4.20. The summed E-state index contributed by atoms with van der Waals surface area (Å²) in [4.78, 5) is 0.243. The van der Waals surface area contributed by atoms with E-state index >= 15 is 0 Å². The highest BCUT2D eigenvalue weighted by Crippen LogP contribution is 2.12. The Morgan fingerprint density at radius 1 is 1.33 bits per heavy atom. The molecule has 0 amide bonds. The number of rotatable bonds is 6. The van der Waals surface area contributed by atoms with E-state index in [1.165, 1.54) is 12.1 Å². The first-order valence-electron chi connectivity index (χ1n) is 5.98. The van der Waals surface area contributed by atoms with Crippen LogP contribution in [0.15, 0.2) is 29.2 Å². The van der Waals surface area contributed by atoms with Crippen LogP contribution in [-0.2, 0) is 16.4 Å². The largest absolute Gasteiger partial charge is 0.240 e. The van der Waals surface area contributed by atoms with E-state index in [1.54, 1.807) is 12.1 Å². The number of benzene rings is 1. The molecule has 0 aliphatic carbocycles. The summed E-state index contributed by atoms with van der Waals surface area (Å²) in [5.41, 5.74) is 0.818. The average Bonchev–Trinajstić information content (AvgIpc) is 2.29.